The zero-order chi connectivity index (χ0) is 19.8. The first kappa shape index (κ1) is 16.7. The lowest BCUT2D eigenvalue weighted by Crippen LogP contribution is -2.55. The van der Waals surface area contributed by atoms with Crippen LogP contribution in [0.2, 0.25) is 0 Å². The number of aliphatic hydroxyl groups excluding tert-OH is 1. The van der Waals surface area contributed by atoms with Crippen LogP contribution < -0.4 is 4.90 Å². The van der Waals surface area contributed by atoms with Gasteiger partial charge in [-0.2, -0.15) is 0 Å². The summed E-state index contributed by atoms with van der Waals surface area (Å²) >= 11 is 0. The molecule has 1 fully saturated rings. The highest BCUT2D eigenvalue weighted by Gasteiger charge is 2.68. The van der Waals surface area contributed by atoms with Gasteiger partial charge in [-0.1, -0.05) is 66.7 Å². The molecule has 1 N–H and O–H groups in total. The van der Waals surface area contributed by atoms with Gasteiger partial charge in [-0.15, -0.1) is 0 Å². The summed E-state index contributed by atoms with van der Waals surface area (Å²) in [6.07, 6.45) is 0. The Morgan fingerprint density at radius 1 is 0.759 bits per heavy atom. The fraction of sp³-hybridized carbons (Fsp3) is 0.200. The maximum absolute atomic E-state index is 13.7. The first-order chi connectivity index (χ1) is 14.2. The van der Waals surface area contributed by atoms with Crippen molar-refractivity contribution in [2.45, 2.75) is 11.3 Å². The van der Waals surface area contributed by atoms with Gasteiger partial charge in [-0.25, -0.2) is 4.90 Å². The summed E-state index contributed by atoms with van der Waals surface area (Å²) in [7, 11) is 0. The van der Waals surface area contributed by atoms with E-state index in [4.69, 9.17) is 0 Å². The number of carbonyl (C=O) groups excluding carboxylic acids is 2. The number of hydrogen-bond donors (Lipinski definition) is 1. The normalized spacial score (nSPS) is 28.9. The smallest absolute Gasteiger partial charge is 0.239 e. The van der Waals surface area contributed by atoms with Gasteiger partial charge in [0.2, 0.25) is 11.8 Å². The summed E-state index contributed by atoms with van der Waals surface area (Å²) in [5.74, 6) is -1.66. The second kappa shape index (κ2) is 5.65. The van der Waals surface area contributed by atoms with Crippen LogP contribution in [0.4, 0.5) is 5.69 Å². The monoisotopic (exact) mass is 381 g/mol. The highest BCUT2D eigenvalue weighted by molar-refractivity contribution is 6.23. The molecule has 1 aliphatic heterocycles. The standard InChI is InChI=1S/C25H19NO3/c27-14-25-18-12-6-4-10-16(18)20(17-11-5-7-13-19(17)25)21-22(25)24(29)26(23(21)28)15-8-2-1-3-9-15/h1-13,20-22,27H,14H2/t20?,21-,22-,25?/m1/s1. The lowest BCUT2D eigenvalue weighted by Gasteiger charge is -2.53. The average Bonchev–Trinajstić information content (AvgIpc) is 3.05. The molecule has 29 heavy (non-hydrogen) atoms. The average molecular weight is 381 g/mol. The predicted octanol–water partition coefficient (Wildman–Crippen LogP) is 3.23. The number of nitrogens with zero attached hydrogens (tertiary/aromatic N) is 1. The van der Waals surface area contributed by atoms with E-state index in [0.29, 0.717) is 5.69 Å². The molecule has 0 unspecified atom stereocenters. The van der Waals surface area contributed by atoms with Gasteiger partial charge < -0.3 is 5.11 Å². The van der Waals surface area contributed by atoms with Crippen molar-refractivity contribution in [3.8, 4) is 0 Å². The predicted molar refractivity (Wildman–Crippen MR) is 109 cm³/mol. The van der Waals surface area contributed by atoms with Crippen molar-refractivity contribution in [1.29, 1.82) is 0 Å². The SMILES string of the molecule is O=C1[C@@H]2C3c4ccccc4C(CO)(c4ccccc43)[C@H]2C(=O)N1c1ccccc1. The third kappa shape index (κ3) is 1.83. The first-order valence-corrected chi connectivity index (χ1v) is 9.92. The molecule has 0 radical (unpaired) electrons. The molecule has 2 amide bonds. The van der Waals surface area contributed by atoms with Gasteiger partial charge in [0.25, 0.3) is 0 Å². The Kier molecular flexibility index (Phi) is 3.25. The Labute approximate surface area is 168 Å². The van der Waals surface area contributed by atoms with Crippen molar-refractivity contribution in [3.05, 3.63) is 101 Å². The number of benzene rings is 3. The van der Waals surface area contributed by atoms with E-state index < -0.39 is 17.3 Å². The van der Waals surface area contributed by atoms with E-state index >= 15 is 0 Å². The fourth-order valence-electron chi connectivity index (χ4n) is 6.03. The van der Waals surface area contributed by atoms with E-state index in [1.54, 1.807) is 12.1 Å². The van der Waals surface area contributed by atoms with Gasteiger partial charge in [0.1, 0.15) is 0 Å². The summed E-state index contributed by atoms with van der Waals surface area (Å²) in [5.41, 5.74) is 3.75. The molecule has 0 aromatic heterocycles. The maximum atomic E-state index is 13.7. The third-order valence-electron chi connectivity index (χ3n) is 7.06. The molecule has 3 aliphatic carbocycles. The number of aliphatic hydroxyl groups is 1. The topological polar surface area (TPSA) is 57.6 Å². The van der Waals surface area contributed by atoms with Crippen LogP contribution in [0.15, 0.2) is 78.9 Å². The third-order valence-corrected chi connectivity index (χ3v) is 7.06. The zero-order valence-corrected chi connectivity index (χ0v) is 15.7. The van der Waals surface area contributed by atoms with Crippen molar-refractivity contribution in [2.75, 3.05) is 11.5 Å². The van der Waals surface area contributed by atoms with E-state index in [1.165, 1.54) is 4.90 Å². The van der Waals surface area contributed by atoms with Crippen molar-refractivity contribution in [2.24, 2.45) is 11.8 Å². The van der Waals surface area contributed by atoms with Crippen LogP contribution in [-0.4, -0.2) is 23.5 Å². The molecular formula is C25H19NO3. The van der Waals surface area contributed by atoms with Crippen molar-refractivity contribution in [1.82, 2.24) is 0 Å². The quantitative estimate of drug-likeness (QED) is 0.694. The molecule has 3 aromatic rings. The number of carbonyl (C=O) groups is 2. The summed E-state index contributed by atoms with van der Waals surface area (Å²) in [6, 6.07) is 25.1. The number of rotatable bonds is 2. The molecule has 0 saturated carbocycles. The van der Waals surface area contributed by atoms with Crippen LogP contribution >= 0.6 is 0 Å². The number of amides is 2. The minimum absolute atomic E-state index is 0.168. The molecule has 2 bridgehead atoms. The Hall–Kier alpha value is -3.24. The van der Waals surface area contributed by atoms with Gasteiger partial charge in [0, 0.05) is 5.92 Å². The van der Waals surface area contributed by atoms with Gasteiger partial charge in [-0.3, -0.25) is 9.59 Å². The summed E-state index contributed by atoms with van der Waals surface area (Å²) in [6.45, 7) is -0.212. The molecule has 7 rings (SSSR count). The highest BCUT2D eigenvalue weighted by Crippen LogP contribution is 2.64. The lowest BCUT2D eigenvalue weighted by molar-refractivity contribution is -0.124. The summed E-state index contributed by atoms with van der Waals surface area (Å²) < 4.78 is 0. The molecule has 0 spiro atoms. The Bertz CT molecular complexity index is 1120. The van der Waals surface area contributed by atoms with Gasteiger partial charge in [0.15, 0.2) is 0 Å². The maximum Gasteiger partial charge on any atom is 0.239 e. The van der Waals surface area contributed by atoms with Crippen LogP contribution in [-0.2, 0) is 15.0 Å². The van der Waals surface area contributed by atoms with E-state index in [9.17, 15) is 14.7 Å². The molecular weight excluding hydrogens is 362 g/mol. The lowest BCUT2D eigenvalue weighted by atomic mass is 9.47. The first-order valence-electron chi connectivity index (χ1n) is 9.92. The molecule has 2 atom stereocenters. The minimum atomic E-state index is -0.900. The van der Waals surface area contributed by atoms with Gasteiger partial charge >= 0.3 is 0 Å². The van der Waals surface area contributed by atoms with E-state index in [2.05, 4.69) is 0 Å². The van der Waals surface area contributed by atoms with E-state index in [0.717, 1.165) is 22.3 Å². The second-order valence-corrected chi connectivity index (χ2v) is 8.13. The number of hydrogen-bond acceptors (Lipinski definition) is 3. The van der Waals surface area contributed by atoms with Crippen molar-refractivity contribution >= 4 is 17.5 Å². The number of anilines is 1. The van der Waals surface area contributed by atoms with Crippen LogP contribution in [0.5, 0.6) is 0 Å². The largest absolute Gasteiger partial charge is 0.395 e. The molecule has 142 valence electrons. The Morgan fingerprint density at radius 2 is 1.31 bits per heavy atom. The zero-order valence-electron chi connectivity index (χ0n) is 15.7. The molecule has 4 aliphatic rings. The van der Waals surface area contributed by atoms with Crippen molar-refractivity contribution < 1.29 is 14.7 Å². The molecule has 4 nitrogen and oxygen atoms in total. The van der Waals surface area contributed by atoms with Crippen LogP contribution in [0, 0.1) is 11.8 Å². The van der Waals surface area contributed by atoms with Gasteiger partial charge in [-0.05, 0) is 34.4 Å². The van der Waals surface area contributed by atoms with Crippen LogP contribution in [0.25, 0.3) is 0 Å². The highest BCUT2D eigenvalue weighted by atomic mass is 16.3. The summed E-state index contributed by atoms with van der Waals surface area (Å²) in [4.78, 5) is 28.7. The molecule has 1 heterocycles. The number of para-hydroxylation sites is 1. The Balaban J connectivity index is 1.66. The number of imide groups is 1. The van der Waals surface area contributed by atoms with Crippen molar-refractivity contribution in [3.63, 3.8) is 0 Å². The van der Waals surface area contributed by atoms with E-state index in [-0.39, 0.29) is 24.3 Å². The van der Waals surface area contributed by atoms with Crippen LogP contribution in [0.1, 0.15) is 28.2 Å². The fourth-order valence-corrected chi connectivity index (χ4v) is 6.03. The second-order valence-electron chi connectivity index (χ2n) is 8.13. The minimum Gasteiger partial charge on any atom is -0.395 e. The molecule has 4 heteroatoms. The molecule has 1 saturated heterocycles. The molecule has 3 aromatic carbocycles. The van der Waals surface area contributed by atoms with Gasteiger partial charge in [0.05, 0.1) is 29.5 Å². The van der Waals surface area contributed by atoms with E-state index in [1.807, 2.05) is 66.7 Å². The van der Waals surface area contributed by atoms with Crippen LogP contribution in [0.3, 0.4) is 0 Å². The summed E-state index contributed by atoms with van der Waals surface area (Å²) in [5, 5.41) is 10.8. The Morgan fingerprint density at radius 3 is 1.90 bits per heavy atom.